The SMILES string of the molecule is CC(C)(C)C(=O)NC(c1nccs1)C1CCN(CCc2ccccc2)CC1. The third-order valence-corrected chi connectivity index (χ3v) is 6.21. The van der Waals surface area contributed by atoms with E-state index in [0.717, 1.165) is 43.9 Å². The van der Waals surface area contributed by atoms with Crippen molar-refractivity contribution in [2.24, 2.45) is 11.3 Å². The van der Waals surface area contributed by atoms with Crippen LogP contribution in [0.1, 0.15) is 50.2 Å². The van der Waals surface area contributed by atoms with Gasteiger partial charge >= 0.3 is 0 Å². The van der Waals surface area contributed by atoms with Crippen molar-refractivity contribution in [3.63, 3.8) is 0 Å². The van der Waals surface area contributed by atoms with E-state index in [-0.39, 0.29) is 17.4 Å². The van der Waals surface area contributed by atoms with Crippen LogP contribution >= 0.6 is 11.3 Å². The number of hydrogen-bond acceptors (Lipinski definition) is 4. The summed E-state index contributed by atoms with van der Waals surface area (Å²) in [5.74, 6) is 0.560. The predicted molar refractivity (Wildman–Crippen MR) is 112 cm³/mol. The van der Waals surface area contributed by atoms with Crippen LogP contribution in [0.25, 0.3) is 0 Å². The van der Waals surface area contributed by atoms with Crippen LogP contribution in [0.2, 0.25) is 0 Å². The van der Waals surface area contributed by atoms with Crippen molar-refractivity contribution in [2.75, 3.05) is 19.6 Å². The highest BCUT2D eigenvalue weighted by Gasteiger charge is 2.33. The monoisotopic (exact) mass is 385 g/mol. The van der Waals surface area contributed by atoms with E-state index in [4.69, 9.17) is 0 Å². The van der Waals surface area contributed by atoms with Crippen molar-refractivity contribution in [1.29, 1.82) is 0 Å². The molecule has 5 heteroatoms. The van der Waals surface area contributed by atoms with Gasteiger partial charge in [0.1, 0.15) is 5.01 Å². The molecule has 3 rings (SSSR count). The number of amides is 1. The number of thiazole rings is 1. The molecule has 0 radical (unpaired) electrons. The Balaban J connectivity index is 1.57. The summed E-state index contributed by atoms with van der Waals surface area (Å²) in [5.41, 5.74) is 1.02. The van der Waals surface area contributed by atoms with Gasteiger partial charge in [-0.2, -0.15) is 0 Å². The molecule has 1 aliphatic rings. The summed E-state index contributed by atoms with van der Waals surface area (Å²) in [4.78, 5) is 19.7. The van der Waals surface area contributed by atoms with Gasteiger partial charge in [0, 0.05) is 23.5 Å². The molecule has 1 amide bonds. The lowest BCUT2D eigenvalue weighted by atomic mass is 9.87. The maximum absolute atomic E-state index is 12.6. The van der Waals surface area contributed by atoms with Crippen molar-refractivity contribution in [1.82, 2.24) is 15.2 Å². The zero-order valence-electron chi connectivity index (χ0n) is 16.6. The van der Waals surface area contributed by atoms with Gasteiger partial charge < -0.3 is 10.2 Å². The lowest BCUT2D eigenvalue weighted by Crippen LogP contribution is -2.44. The highest BCUT2D eigenvalue weighted by molar-refractivity contribution is 7.09. The van der Waals surface area contributed by atoms with Gasteiger partial charge in [0.25, 0.3) is 0 Å². The molecule has 1 unspecified atom stereocenters. The summed E-state index contributed by atoms with van der Waals surface area (Å²) < 4.78 is 0. The van der Waals surface area contributed by atoms with Crippen LogP contribution in [0.4, 0.5) is 0 Å². The Morgan fingerprint density at radius 3 is 2.56 bits per heavy atom. The zero-order chi connectivity index (χ0) is 19.3. The van der Waals surface area contributed by atoms with Crippen molar-refractivity contribution < 1.29 is 4.79 Å². The summed E-state index contributed by atoms with van der Waals surface area (Å²) in [6.45, 7) is 9.18. The van der Waals surface area contributed by atoms with Gasteiger partial charge in [-0.05, 0) is 43.8 Å². The molecule has 1 aromatic carbocycles. The Morgan fingerprint density at radius 2 is 1.96 bits per heavy atom. The number of nitrogens with one attached hydrogen (secondary N) is 1. The predicted octanol–water partition coefficient (Wildman–Crippen LogP) is 4.30. The maximum atomic E-state index is 12.6. The second kappa shape index (κ2) is 8.98. The molecule has 4 nitrogen and oxygen atoms in total. The van der Waals surface area contributed by atoms with Crippen molar-refractivity contribution >= 4 is 17.2 Å². The number of carbonyl (C=O) groups excluding carboxylic acids is 1. The summed E-state index contributed by atoms with van der Waals surface area (Å²) in [6, 6.07) is 10.7. The highest BCUT2D eigenvalue weighted by Crippen LogP contribution is 2.33. The summed E-state index contributed by atoms with van der Waals surface area (Å²) >= 11 is 1.65. The van der Waals surface area contributed by atoms with Crippen molar-refractivity contribution in [2.45, 2.75) is 46.1 Å². The number of benzene rings is 1. The number of nitrogens with zero attached hydrogens (tertiary/aromatic N) is 2. The Labute approximate surface area is 167 Å². The highest BCUT2D eigenvalue weighted by atomic mass is 32.1. The lowest BCUT2D eigenvalue weighted by Gasteiger charge is -2.36. The van der Waals surface area contributed by atoms with Gasteiger partial charge in [-0.1, -0.05) is 51.1 Å². The molecule has 2 heterocycles. The van der Waals surface area contributed by atoms with Crippen LogP contribution in [0.5, 0.6) is 0 Å². The summed E-state index contributed by atoms with van der Waals surface area (Å²) in [5, 5.41) is 6.33. The minimum absolute atomic E-state index is 0.0352. The number of likely N-dealkylation sites (tertiary alicyclic amines) is 1. The van der Waals surface area contributed by atoms with Crippen LogP contribution < -0.4 is 5.32 Å². The zero-order valence-corrected chi connectivity index (χ0v) is 17.5. The first-order chi connectivity index (χ1) is 12.9. The van der Waals surface area contributed by atoms with Gasteiger partial charge in [-0.25, -0.2) is 4.98 Å². The molecule has 2 aromatic rings. The van der Waals surface area contributed by atoms with E-state index in [0.29, 0.717) is 5.92 Å². The molecule has 0 aliphatic carbocycles. The molecule has 27 heavy (non-hydrogen) atoms. The average Bonchev–Trinajstić information content (AvgIpc) is 3.19. The van der Waals surface area contributed by atoms with E-state index >= 15 is 0 Å². The Kier molecular flexibility index (Phi) is 6.66. The molecule has 1 aliphatic heterocycles. The minimum atomic E-state index is -0.383. The fourth-order valence-electron chi connectivity index (χ4n) is 3.57. The third kappa shape index (κ3) is 5.63. The second-order valence-electron chi connectivity index (χ2n) is 8.49. The van der Waals surface area contributed by atoms with E-state index in [9.17, 15) is 4.79 Å². The molecule has 0 spiro atoms. The van der Waals surface area contributed by atoms with E-state index < -0.39 is 0 Å². The average molecular weight is 386 g/mol. The first kappa shape index (κ1) is 20.0. The Bertz CT molecular complexity index is 701. The van der Waals surface area contributed by atoms with E-state index in [1.807, 2.05) is 32.3 Å². The van der Waals surface area contributed by atoms with Gasteiger partial charge in [0.2, 0.25) is 5.91 Å². The number of carbonyl (C=O) groups is 1. The fourth-order valence-corrected chi connectivity index (χ4v) is 4.35. The van der Waals surface area contributed by atoms with Gasteiger partial charge in [-0.3, -0.25) is 4.79 Å². The van der Waals surface area contributed by atoms with Crippen molar-refractivity contribution in [3.05, 3.63) is 52.5 Å². The first-order valence-electron chi connectivity index (χ1n) is 9.90. The van der Waals surface area contributed by atoms with Crippen LogP contribution in [-0.4, -0.2) is 35.4 Å². The Morgan fingerprint density at radius 1 is 1.26 bits per heavy atom. The van der Waals surface area contributed by atoms with E-state index in [1.54, 1.807) is 11.3 Å². The second-order valence-corrected chi connectivity index (χ2v) is 9.41. The molecule has 1 aromatic heterocycles. The topological polar surface area (TPSA) is 45.2 Å². The number of piperidine rings is 1. The molecule has 0 bridgehead atoms. The quantitative estimate of drug-likeness (QED) is 0.806. The summed E-state index contributed by atoms with van der Waals surface area (Å²) in [7, 11) is 0. The standard InChI is InChI=1S/C22H31N3OS/c1-22(2,3)21(26)24-19(20-23-12-16-27-20)18-10-14-25(15-11-18)13-9-17-7-5-4-6-8-17/h4-8,12,16,18-19H,9-11,13-15H2,1-3H3,(H,24,26). The maximum Gasteiger partial charge on any atom is 0.225 e. The molecule has 1 N–H and O–H groups in total. The third-order valence-electron chi connectivity index (χ3n) is 5.35. The number of rotatable bonds is 6. The van der Waals surface area contributed by atoms with Crippen LogP contribution in [0.3, 0.4) is 0 Å². The van der Waals surface area contributed by atoms with Crippen molar-refractivity contribution in [3.8, 4) is 0 Å². The molecule has 146 valence electrons. The van der Waals surface area contributed by atoms with Crippen LogP contribution in [0, 0.1) is 11.3 Å². The van der Waals surface area contributed by atoms with Gasteiger partial charge in [0.05, 0.1) is 6.04 Å². The fraction of sp³-hybridized carbons (Fsp3) is 0.545. The largest absolute Gasteiger partial charge is 0.346 e. The minimum Gasteiger partial charge on any atom is -0.346 e. The van der Waals surface area contributed by atoms with Gasteiger partial charge in [-0.15, -0.1) is 11.3 Å². The molecular weight excluding hydrogens is 354 g/mol. The van der Waals surface area contributed by atoms with E-state index in [1.165, 1.54) is 5.56 Å². The molecule has 1 atom stereocenters. The number of hydrogen-bond donors (Lipinski definition) is 1. The summed E-state index contributed by atoms with van der Waals surface area (Å²) in [6.07, 6.45) is 5.14. The first-order valence-corrected chi connectivity index (χ1v) is 10.8. The molecule has 1 fully saturated rings. The smallest absolute Gasteiger partial charge is 0.225 e. The molecule has 0 saturated carbocycles. The normalized spacial score (nSPS) is 17.6. The van der Waals surface area contributed by atoms with Crippen LogP contribution in [-0.2, 0) is 11.2 Å². The van der Waals surface area contributed by atoms with E-state index in [2.05, 4.69) is 45.5 Å². The molecular formula is C22H31N3OS. The van der Waals surface area contributed by atoms with Crippen LogP contribution in [0.15, 0.2) is 41.9 Å². The lowest BCUT2D eigenvalue weighted by molar-refractivity contribution is -0.129. The van der Waals surface area contributed by atoms with Gasteiger partial charge in [0.15, 0.2) is 0 Å². The Hall–Kier alpha value is -1.72. The number of aromatic nitrogens is 1. The molecule has 1 saturated heterocycles.